The Bertz CT molecular complexity index is 778. The number of nitrogens with two attached hydrogens (primary N) is 1. The number of halogens is 1. The number of rotatable bonds is 1. The van der Waals surface area contributed by atoms with Crippen molar-refractivity contribution in [2.45, 2.75) is 0 Å². The maximum absolute atomic E-state index is 12.6. The summed E-state index contributed by atoms with van der Waals surface area (Å²) in [6, 6.07) is 14.0. The van der Waals surface area contributed by atoms with Gasteiger partial charge in [0.15, 0.2) is 5.78 Å². The van der Waals surface area contributed by atoms with Gasteiger partial charge in [-0.1, -0.05) is 58.4 Å². The molecule has 0 saturated heterocycles. The fourth-order valence-corrected chi connectivity index (χ4v) is 2.81. The van der Waals surface area contributed by atoms with E-state index in [1.807, 2.05) is 12.1 Å². The van der Waals surface area contributed by atoms with Gasteiger partial charge in [0.25, 0.3) is 0 Å². The van der Waals surface area contributed by atoms with Crippen LogP contribution < -0.4 is 5.73 Å². The van der Waals surface area contributed by atoms with Gasteiger partial charge in [0.2, 0.25) is 5.78 Å². The molecule has 0 aromatic heterocycles. The molecule has 20 heavy (non-hydrogen) atoms. The lowest BCUT2D eigenvalue weighted by molar-refractivity contribution is 0.0990. The normalized spacial score (nSPS) is 14.4. The fraction of sp³-hybridized carbons (Fsp3) is 0. The summed E-state index contributed by atoms with van der Waals surface area (Å²) in [4.78, 5) is 24.9. The second kappa shape index (κ2) is 4.72. The van der Waals surface area contributed by atoms with Gasteiger partial charge in [0.05, 0.1) is 11.3 Å². The van der Waals surface area contributed by atoms with E-state index in [0.717, 1.165) is 4.47 Å². The van der Waals surface area contributed by atoms with Crippen molar-refractivity contribution in [3.63, 3.8) is 0 Å². The molecule has 0 unspecified atom stereocenters. The van der Waals surface area contributed by atoms with Gasteiger partial charge in [-0.3, -0.25) is 9.59 Å². The summed E-state index contributed by atoms with van der Waals surface area (Å²) >= 11 is 3.39. The highest BCUT2D eigenvalue weighted by molar-refractivity contribution is 9.10. The average Bonchev–Trinajstić information content (AvgIpc) is 2.47. The molecule has 2 aromatic rings. The lowest BCUT2D eigenvalue weighted by Gasteiger charge is -2.19. The first-order valence-corrected chi connectivity index (χ1v) is 6.83. The molecule has 0 fully saturated rings. The summed E-state index contributed by atoms with van der Waals surface area (Å²) in [5, 5.41) is 0. The van der Waals surface area contributed by atoms with E-state index in [2.05, 4.69) is 15.9 Å². The van der Waals surface area contributed by atoms with Gasteiger partial charge in [-0.05, 0) is 6.07 Å². The summed E-state index contributed by atoms with van der Waals surface area (Å²) in [5.74, 6) is -0.518. The molecule has 4 heteroatoms. The fourth-order valence-electron chi connectivity index (χ4n) is 2.33. The average molecular weight is 328 g/mol. The number of benzene rings is 2. The summed E-state index contributed by atoms with van der Waals surface area (Å²) in [6.07, 6.45) is 0. The molecule has 3 nitrogen and oxygen atoms in total. The highest BCUT2D eigenvalue weighted by Crippen LogP contribution is 2.33. The molecular weight excluding hydrogens is 318 g/mol. The van der Waals surface area contributed by atoms with Crippen LogP contribution in [-0.4, -0.2) is 11.6 Å². The second-order valence-corrected chi connectivity index (χ2v) is 5.33. The molecule has 0 aliphatic heterocycles. The molecule has 1 aliphatic carbocycles. The molecule has 0 saturated carbocycles. The Morgan fingerprint density at radius 3 is 1.85 bits per heavy atom. The minimum atomic E-state index is -0.300. The molecule has 2 N–H and O–H groups in total. The first-order valence-electron chi connectivity index (χ1n) is 6.04. The Labute approximate surface area is 124 Å². The molecule has 0 amide bonds. The summed E-state index contributed by atoms with van der Waals surface area (Å²) in [6.45, 7) is 0. The van der Waals surface area contributed by atoms with Crippen LogP contribution in [0.3, 0.4) is 0 Å². The largest absolute Gasteiger partial charge is 0.395 e. The van der Waals surface area contributed by atoms with Crippen LogP contribution in [-0.2, 0) is 0 Å². The Kier molecular flexibility index (Phi) is 3.03. The first kappa shape index (κ1) is 12.8. The molecule has 0 spiro atoms. The number of carbonyl (C=O) groups excluding carboxylic acids is 2. The van der Waals surface area contributed by atoms with E-state index in [-0.39, 0.29) is 22.8 Å². The lowest BCUT2D eigenvalue weighted by Crippen LogP contribution is -2.25. The Balaban J connectivity index is 2.28. The molecule has 0 atom stereocenters. The predicted octanol–water partition coefficient (Wildman–Crippen LogP) is 3.20. The molecule has 98 valence electrons. The first-order chi connectivity index (χ1) is 9.61. The summed E-state index contributed by atoms with van der Waals surface area (Å²) in [7, 11) is 0. The van der Waals surface area contributed by atoms with Crippen LogP contribution in [0.1, 0.15) is 26.3 Å². The van der Waals surface area contributed by atoms with Crippen LogP contribution in [0.4, 0.5) is 0 Å². The number of Topliss-reactive ketones (excluding diaryl/α,β-unsaturated/α-hetero) is 2. The Morgan fingerprint density at radius 2 is 1.25 bits per heavy atom. The van der Waals surface area contributed by atoms with E-state index in [0.29, 0.717) is 16.7 Å². The molecular formula is C16H10BrNO2. The van der Waals surface area contributed by atoms with Crippen molar-refractivity contribution in [3.05, 3.63) is 75.4 Å². The van der Waals surface area contributed by atoms with Crippen molar-refractivity contribution in [2.75, 3.05) is 0 Å². The highest BCUT2D eigenvalue weighted by atomic mass is 79.9. The zero-order valence-electron chi connectivity index (χ0n) is 10.4. The van der Waals surface area contributed by atoms with Crippen LogP contribution >= 0.6 is 15.9 Å². The van der Waals surface area contributed by atoms with E-state index < -0.39 is 0 Å². The van der Waals surface area contributed by atoms with Crippen LogP contribution in [0.5, 0.6) is 0 Å². The molecule has 2 aromatic carbocycles. The van der Waals surface area contributed by atoms with Gasteiger partial charge in [0.1, 0.15) is 0 Å². The zero-order chi connectivity index (χ0) is 14.3. The van der Waals surface area contributed by atoms with Gasteiger partial charge in [-0.25, -0.2) is 0 Å². The highest BCUT2D eigenvalue weighted by Gasteiger charge is 2.31. The van der Waals surface area contributed by atoms with Gasteiger partial charge >= 0.3 is 0 Å². The van der Waals surface area contributed by atoms with Crippen LogP contribution in [0.2, 0.25) is 0 Å². The van der Waals surface area contributed by atoms with Crippen LogP contribution in [0.25, 0.3) is 5.57 Å². The van der Waals surface area contributed by atoms with Gasteiger partial charge in [0, 0.05) is 21.2 Å². The third-order valence-electron chi connectivity index (χ3n) is 3.30. The van der Waals surface area contributed by atoms with Crippen molar-refractivity contribution < 1.29 is 9.59 Å². The quantitative estimate of drug-likeness (QED) is 0.874. The molecule has 0 radical (unpaired) electrons. The number of fused-ring (bicyclic) bond motifs is 1. The number of hydrogen-bond donors (Lipinski definition) is 1. The summed E-state index contributed by atoms with van der Waals surface area (Å²) in [5.41, 5.74) is 7.59. The van der Waals surface area contributed by atoms with Crippen molar-refractivity contribution in [1.29, 1.82) is 0 Å². The van der Waals surface area contributed by atoms with Crippen molar-refractivity contribution in [1.82, 2.24) is 0 Å². The van der Waals surface area contributed by atoms with E-state index in [9.17, 15) is 9.59 Å². The maximum atomic E-state index is 12.6. The third-order valence-corrected chi connectivity index (χ3v) is 3.99. The van der Waals surface area contributed by atoms with Crippen LogP contribution in [0.15, 0.2) is 58.7 Å². The predicted molar refractivity (Wildman–Crippen MR) is 80.4 cm³/mol. The topological polar surface area (TPSA) is 60.2 Å². The van der Waals surface area contributed by atoms with Crippen molar-refractivity contribution in [3.8, 4) is 0 Å². The Morgan fingerprint density at radius 1 is 0.750 bits per heavy atom. The Hall–Kier alpha value is -2.20. The standard InChI is InChI=1S/C16H10BrNO2/c17-12-8-4-3-7-11(12)13-14(18)16(20)10-6-2-1-5-9(10)15(13)19/h1-8H,18H2. The van der Waals surface area contributed by atoms with Crippen LogP contribution in [0, 0.1) is 0 Å². The number of allylic oxidation sites excluding steroid dienone is 2. The number of hydrogen-bond acceptors (Lipinski definition) is 3. The van der Waals surface area contributed by atoms with E-state index in [4.69, 9.17) is 5.73 Å². The van der Waals surface area contributed by atoms with E-state index in [1.165, 1.54) is 0 Å². The van der Waals surface area contributed by atoms with Gasteiger partial charge in [-0.15, -0.1) is 0 Å². The number of carbonyl (C=O) groups is 2. The smallest absolute Gasteiger partial charge is 0.210 e. The molecule has 0 bridgehead atoms. The second-order valence-electron chi connectivity index (χ2n) is 4.47. The van der Waals surface area contributed by atoms with E-state index in [1.54, 1.807) is 36.4 Å². The SMILES string of the molecule is NC1=C(c2ccccc2Br)C(=O)c2ccccc2C1=O. The minimum absolute atomic E-state index is 0.000556. The monoisotopic (exact) mass is 327 g/mol. The summed E-state index contributed by atoms with van der Waals surface area (Å²) < 4.78 is 0.735. The molecule has 1 aliphatic rings. The zero-order valence-corrected chi connectivity index (χ0v) is 12.0. The van der Waals surface area contributed by atoms with Crippen molar-refractivity contribution in [2.24, 2.45) is 5.73 Å². The minimum Gasteiger partial charge on any atom is -0.395 e. The molecule has 0 heterocycles. The third kappa shape index (κ3) is 1.80. The van der Waals surface area contributed by atoms with Gasteiger partial charge in [-0.2, -0.15) is 0 Å². The maximum Gasteiger partial charge on any atom is 0.210 e. The van der Waals surface area contributed by atoms with Gasteiger partial charge < -0.3 is 5.73 Å². The number of ketones is 2. The van der Waals surface area contributed by atoms with Crippen molar-refractivity contribution >= 4 is 33.1 Å². The molecule has 3 rings (SSSR count). The van der Waals surface area contributed by atoms with E-state index >= 15 is 0 Å². The lowest BCUT2D eigenvalue weighted by atomic mass is 9.84.